The monoisotopic (exact) mass is 281 g/mol. The van der Waals surface area contributed by atoms with Gasteiger partial charge in [0.1, 0.15) is 4.83 Å². The van der Waals surface area contributed by atoms with Gasteiger partial charge in [0.25, 0.3) is 0 Å². The topological polar surface area (TPSA) is 67.1 Å². The van der Waals surface area contributed by atoms with Crippen LogP contribution in [0.5, 0.6) is 0 Å². The SMILES string of the molecule is CSc1nc(NN)c2c3c(sc2n1)CN(C)CC3. The first kappa shape index (κ1) is 12.2. The molecule has 0 spiro atoms. The number of thioether (sulfide) groups is 1. The van der Waals surface area contributed by atoms with E-state index in [1.807, 2.05) is 6.26 Å². The maximum Gasteiger partial charge on any atom is 0.190 e. The average Bonchev–Trinajstić information content (AvgIpc) is 2.74. The molecule has 1 aliphatic heterocycles. The van der Waals surface area contributed by atoms with Crippen molar-refractivity contribution in [2.24, 2.45) is 5.84 Å². The second kappa shape index (κ2) is 4.65. The van der Waals surface area contributed by atoms with E-state index in [1.165, 1.54) is 22.2 Å². The minimum absolute atomic E-state index is 0.756. The van der Waals surface area contributed by atoms with Crippen LogP contribution in [0.15, 0.2) is 5.16 Å². The molecule has 3 N–H and O–H groups in total. The lowest BCUT2D eigenvalue weighted by Gasteiger charge is -2.22. The van der Waals surface area contributed by atoms with Gasteiger partial charge in [0.15, 0.2) is 11.0 Å². The van der Waals surface area contributed by atoms with Gasteiger partial charge in [0.2, 0.25) is 0 Å². The fourth-order valence-corrected chi connectivity index (χ4v) is 4.02. The van der Waals surface area contributed by atoms with E-state index in [-0.39, 0.29) is 0 Å². The van der Waals surface area contributed by atoms with E-state index in [4.69, 9.17) is 5.84 Å². The number of hydrogen-bond acceptors (Lipinski definition) is 7. The van der Waals surface area contributed by atoms with Crippen molar-refractivity contribution in [2.45, 2.75) is 18.1 Å². The lowest BCUT2D eigenvalue weighted by molar-refractivity contribution is 0.318. The highest BCUT2D eigenvalue weighted by Gasteiger charge is 2.22. The van der Waals surface area contributed by atoms with Gasteiger partial charge in [-0.1, -0.05) is 11.8 Å². The van der Waals surface area contributed by atoms with E-state index in [1.54, 1.807) is 11.3 Å². The summed E-state index contributed by atoms with van der Waals surface area (Å²) in [5.41, 5.74) is 4.09. The molecular weight excluding hydrogens is 266 g/mol. The van der Waals surface area contributed by atoms with Gasteiger partial charge in [-0.15, -0.1) is 11.3 Å². The number of nitrogens with zero attached hydrogens (tertiary/aromatic N) is 3. The molecule has 0 saturated heterocycles. The Labute approximate surface area is 114 Å². The van der Waals surface area contributed by atoms with Crippen LogP contribution >= 0.6 is 23.1 Å². The molecule has 0 radical (unpaired) electrons. The van der Waals surface area contributed by atoms with Crippen LogP contribution in [-0.4, -0.2) is 34.7 Å². The van der Waals surface area contributed by atoms with Gasteiger partial charge in [0, 0.05) is 18.0 Å². The molecule has 2 aromatic rings. The number of hydrogen-bond donors (Lipinski definition) is 2. The van der Waals surface area contributed by atoms with E-state index in [2.05, 4.69) is 27.3 Å². The quantitative estimate of drug-likeness (QED) is 0.378. The molecule has 0 amide bonds. The highest BCUT2D eigenvalue weighted by molar-refractivity contribution is 7.98. The van der Waals surface area contributed by atoms with Crippen LogP contribution in [0.2, 0.25) is 0 Å². The molecule has 3 heterocycles. The van der Waals surface area contributed by atoms with Crippen molar-refractivity contribution in [3.05, 3.63) is 10.4 Å². The predicted molar refractivity (Wildman–Crippen MR) is 77.0 cm³/mol. The normalized spacial score (nSPS) is 15.9. The van der Waals surface area contributed by atoms with Crippen LogP contribution in [-0.2, 0) is 13.0 Å². The first-order valence-electron chi connectivity index (χ1n) is 5.74. The fourth-order valence-electron chi connectivity index (χ4n) is 2.30. The largest absolute Gasteiger partial charge is 0.308 e. The molecule has 2 aromatic heterocycles. The van der Waals surface area contributed by atoms with Crippen LogP contribution in [0.25, 0.3) is 10.2 Å². The van der Waals surface area contributed by atoms with Crippen LogP contribution in [0.1, 0.15) is 10.4 Å². The van der Waals surface area contributed by atoms with Crippen molar-refractivity contribution in [1.82, 2.24) is 14.9 Å². The second-order valence-electron chi connectivity index (χ2n) is 4.37. The Morgan fingerprint density at radius 2 is 2.28 bits per heavy atom. The summed E-state index contributed by atoms with van der Waals surface area (Å²) < 4.78 is 0. The van der Waals surface area contributed by atoms with Crippen molar-refractivity contribution in [2.75, 3.05) is 25.3 Å². The number of nitrogen functional groups attached to an aromatic ring is 1. The van der Waals surface area contributed by atoms with Crippen molar-refractivity contribution in [3.8, 4) is 0 Å². The van der Waals surface area contributed by atoms with Gasteiger partial charge in [-0.25, -0.2) is 15.8 Å². The zero-order chi connectivity index (χ0) is 12.7. The standard InChI is InChI=1S/C11H15N5S2/c1-16-4-3-6-7(5-16)18-10-8(6)9(15-12)13-11(14-10)17-2/h3-5,12H2,1-2H3,(H,13,14,15). The maximum atomic E-state index is 5.60. The number of thiophene rings is 1. The van der Waals surface area contributed by atoms with Gasteiger partial charge in [-0.2, -0.15) is 0 Å². The predicted octanol–water partition coefficient (Wildman–Crippen LogP) is 1.69. The summed E-state index contributed by atoms with van der Waals surface area (Å²) >= 11 is 3.30. The Morgan fingerprint density at radius 3 is 3.00 bits per heavy atom. The summed E-state index contributed by atoms with van der Waals surface area (Å²) in [5, 5.41) is 1.88. The van der Waals surface area contributed by atoms with Crippen molar-refractivity contribution < 1.29 is 0 Å². The molecule has 3 rings (SSSR count). The first-order chi connectivity index (χ1) is 8.72. The van der Waals surface area contributed by atoms with Crippen LogP contribution < -0.4 is 11.3 Å². The van der Waals surface area contributed by atoms with Gasteiger partial charge in [-0.3, -0.25) is 0 Å². The molecule has 0 fully saturated rings. The zero-order valence-corrected chi connectivity index (χ0v) is 12.0. The van der Waals surface area contributed by atoms with E-state index < -0.39 is 0 Å². The van der Waals surface area contributed by atoms with Crippen molar-refractivity contribution in [1.29, 1.82) is 0 Å². The maximum absolute atomic E-state index is 5.60. The van der Waals surface area contributed by atoms with E-state index in [9.17, 15) is 0 Å². The second-order valence-corrected chi connectivity index (χ2v) is 6.23. The Kier molecular flexibility index (Phi) is 3.14. The molecule has 1 aliphatic rings. The average molecular weight is 281 g/mol. The molecule has 0 unspecified atom stereocenters. The summed E-state index contributed by atoms with van der Waals surface area (Å²) in [5.74, 6) is 6.36. The number of fused-ring (bicyclic) bond motifs is 3. The molecule has 0 bridgehead atoms. The summed E-state index contributed by atoms with van der Waals surface area (Å²) in [6.45, 7) is 2.07. The Morgan fingerprint density at radius 1 is 1.44 bits per heavy atom. The number of aromatic nitrogens is 2. The first-order valence-corrected chi connectivity index (χ1v) is 7.78. The molecule has 0 saturated carbocycles. The number of anilines is 1. The third kappa shape index (κ3) is 1.87. The highest BCUT2D eigenvalue weighted by Crippen LogP contribution is 2.37. The molecule has 0 atom stereocenters. The summed E-state index contributed by atoms with van der Waals surface area (Å²) in [6, 6.07) is 0. The number of nitrogens with one attached hydrogen (secondary N) is 1. The van der Waals surface area contributed by atoms with Crippen LogP contribution in [0, 0.1) is 0 Å². The van der Waals surface area contributed by atoms with Crippen molar-refractivity contribution >= 4 is 39.1 Å². The third-order valence-corrected chi connectivity index (χ3v) is 4.85. The molecule has 18 heavy (non-hydrogen) atoms. The zero-order valence-electron chi connectivity index (χ0n) is 10.4. The van der Waals surface area contributed by atoms with Crippen LogP contribution in [0.3, 0.4) is 0 Å². The minimum atomic E-state index is 0.756. The number of likely N-dealkylation sites (N-methyl/N-ethyl adjacent to an activating group) is 1. The Balaban J connectivity index is 2.24. The van der Waals surface area contributed by atoms with Gasteiger partial charge in [0.05, 0.1) is 5.39 Å². The molecule has 0 aromatic carbocycles. The molecule has 7 heteroatoms. The number of hydrazine groups is 1. The van der Waals surface area contributed by atoms with E-state index in [0.717, 1.165) is 40.7 Å². The van der Waals surface area contributed by atoms with E-state index >= 15 is 0 Å². The molecule has 96 valence electrons. The molecular formula is C11H15N5S2. The minimum Gasteiger partial charge on any atom is -0.308 e. The Bertz CT molecular complexity index is 595. The van der Waals surface area contributed by atoms with Gasteiger partial charge < -0.3 is 10.3 Å². The molecule has 0 aliphatic carbocycles. The lowest BCUT2D eigenvalue weighted by atomic mass is 10.1. The van der Waals surface area contributed by atoms with Gasteiger partial charge >= 0.3 is 0 Å². The Hall–Kier alpha value is -0.890. The highest BCUT2D eigenvalue weighted by atomic mass is 32.2. The number of nitrogens with two attached hydrogens (primary N) is 1. The lowest BCUT2D eigenvalue weighted by Crippen LogP contribution is -2.25. The smallest absolute Gasteiger partial charge is 0.190 e. The number of rotatable bonds is 2. The molecule has 5 nitrogen and oxygen atoms in total. The summed E-state index contributed by atoms with van der Waals surface area (Å²) in [7, 11) is 2.15. The fraction of sp³-hybridized carbons (Fsp3) is 0.455. The van der Waals surface area contributed by atoms with E-state index in [0.29, 0.717) is 0 Å². The third-order valence-electron chi connectivity index (χ3n) is 3.19. The summed E-state index contributed by atoms with van der Waals surface area (Å²) in [4.78, 5) is 13.8. The van der Waals surface area contributed by atoms with Crippen molar-refractivity contribution in [3.63, 3.8) is 0 Å². The summed E-state index contributed by atoms with van der Waals surface area (Å²) in [6.07, 6.45) is 3.02. The van der Waals surface area contributed by atoms with Crippen LogP contribution in [0.4, 0.5) is 5.82 Å². The van der Waals surface area contributed by atoms with Gasteiger partial charge in [-0.05, 0) is 25.3 Å².